The van der Waals surface area contributed by atoms with Crippen molar-refractivity contribution in [2.45, 2.75) is 0 Å². The van der Waals surface area contributed by atoms with Crippen molar-refractivity contribution in [2.75, 3.05) is 31.4 Å². The van der Waals surface area contributed by atoms with Gasteiger partial charge in [0.1, 0.15) is 0 Å². The maximum Gasteiger partial charge on any atom is 0.279 e. The molecule has 0 aliphatic carbocycles. The topological polar surface area (TPSA) is 35.9 Å². The molecule has 1 heterocycles. The fourth-order valence-electron chi connectivity index (χ4n) is 1.90. The van der Waals surface area contributed by atoms with E-state index in [0.717, 1.165) is 0 Å². The molecule has 0 spiro atoms. The van der Waals surface area contributed by atoms with Crippen molar-refractivity contribution in [3.05, 3.63) is 27.7 Å². The van der Waals surface area contributed by atoms with Crippen LogP contribution in [0.4, 0.5) is 5.69 Å². The van der Waals surface area contributed by atoms with Crippen LogP contribution in [0.3, 0.4) is 0 Å². The summed E-state index contributed by atoms with van der Waals surface area (Å²) >= 11 is 17.8. The number of carbonyl (C=O) groups is 1. The van der Waals surface area contributed by atoms with Crippen LogP contribution in [-0.2, 0) is 4.79 Å². The lowest BCUT2D eigenvalue weighted by atomic mass is 10.1. The Bertz CT molecular complexity index is 557. The number of hydrogen-bond acceptors (Lipinski definition) is 3. The van der Waals surface area contributed by atoms with Gasteiger partial charge in [-0.15, -0.1) is 11.6 Å². The van der Waals surface area contributed by atoms with Crippen molar-refractivity contribution in [1.82, 2.24) is 5.01 Å². The summed E-state index contributed by atoms with van der Waals surface area (Å²) < 4.78 is 0. The molecule has 0 N–H and O–H groups in total. The third-order valence-electron chi connectivity index (χ3n) is 2.64. The fourth-order valence-corrected chi connectivity index (χ4v) is 2.40. The number of anilines is 1. The van der Waals surface area contributed by atoms with E-state index >= 15 is 0 Å². The molecule has 7 heteroatoms. The second kappa shape index (κ2) is 5.57. The van der Waals surface area contributed by atoms with Crippen molar-refractivity contribution in [3.8, 4) is 0 Å². The molecule has 1 aliphatic rings. The van der Waals surface area contributed by atoms with Crippen molar-refractivity contribution >= 4 is 52.1 Å². The Morgan fingerprint density at radius 2 is 1.89 bits per heavy atom. The minimum atomic E-state index is -0.192. The van der Waals surface area contributed by atoms with Crippen molar-refractivity contribution in [1.29, 1.82) is 0 Å². The molecule has 0 fully saturated rings. The number of benzene rings is 1. The van der Waals surface area contributed by atoms with Crippen LogP contribution in [0.25, 0.3) is 0 Å². The Labute approximate surface area is 126 Å². The minimum absolute atomic E-state index is 0.192. The standard InChI is InChI=1S/C12H12Cl3N3O/c1-17(2)16-11-7-5-8(14)9(15)6-10(7)18(4-3-13)12(11)19/h5-6H,3-4H2,1-2H3/b16-11+. The lowest BCUT2D eigenvalue weighted by Gasteiger charge is -2.15. The second-order valence-electron chi connectivity index (χ2n) is 4.23. The minimum Gasteiger partial charge on any atom is -0.305 e. The van der Waals surface area contributed by atoms with Crippen LogP contribution < -0.4 is 4.90 Å². The van der Waals surface area contributed by atoms with E-state index in [1.54, 1.807) is 36.1 Å². The smallest absolute Gasteiger partial charge is 0.279 e. The Hall–Kier alpha value is -0.970. The summed E-state index contributed by atoms with van der Waals surface area (Å²) in [5, 5.41) is 6.59. The molecule has 0 aromatic heterocycles. The maximum atomic E-state index is 12.3. The van der Waals surface area contributed by atoms with Crippen molar-refractivity contribution in [3.63, 3.8) is 0 Å². The lowest BCUT2D eigenvalue weighted by molar-refractivity contribution is -0.112. The van der Waals surface area contributed by atoms with E-state index in [1.165, 1.54) is 0 Å². The summed E-state index contributed by atoms with van der Waals surface area (Å²) in [4.78, 5) is 13.9. The predicted molar refractivity (Wildman–Crippen MR) is 79.8 cm³/mol. The quantitative estimate of drug-likeness (QED) is 0.634. The van der Waals surface area contributed by atoms with Gasteiger partial charge in [-0.3, -0.25) is 4.79 Å². The highest BCUT2D eigenvalue weighted by molar-refractivity contribution is 6.55. The van der Waals surface area contributed by atoms with Crippen molar-refractivity contribution < 1.29 is 4.79 Å². The third kappa shape index (κ3) is 2.66. The van der Waals surface area contributed by atoms with Gasteiger partial charge in [0.25, 0.3) is 5.91 Å². The van der Waals surface area contributed by atoms with Gasteiger partial charge in [-0.05, 0) is 12.1 Å². The molecule has 0 saturated heterocycles. The normalized spacial score (nSPS) is 16.2. The van der Waals surface area contributed by atoms with Gasteiger partial charge in [0.2, 0.25) is 0 Å². The summed E-state index contributed by atoms with van der Waals surface area (Å²) in [5.74, 6) is 0.142. The van der Waals surface area contributed by atoms with Gasteiger partial charge in [0.15, 0.2) is 5.71 Å². The molecule has 4 nitrogen and oxygen atoms in total. The van der Waals surface area contributed by atoms with E-state index in [-0.39, 0.29) is 5.91 Å². The largest absolute Gasteiger partial charge is 0.305 e. The third-order valence-corrected chi connectivity index (χ3v) is 3.53. The first kappa shape index (κ1) is 14.4. The molecule has 2 rings (SSSR count). The molecule has 0 saturated carbocycles. The SMILES string of the molecule is CN(C)/N=C1/C(=O)N(CCCl)c2cc(Cl)c(Cl)cc21. The molecule has 0 bridgehead atoms. The van der Waals surface area contributed by atoms with Crippen LogP contribution in [0.2, 0.25) is 10.0 Å². The first-order chi connectivity index (χ1) is 8.95. The highest BCUT2D eigenvalue weighted by Gasteiger charge is 2.34. The molecular weight excluding hydrogens is 309 g/mol. The van der Waals surface area contributed by atoms with E-state index in [9.17, 15) is 4.79 Å². The lowest BCUT2D eigenvalue weighted by Crippen LogP contribution is -2.32. The Morgan fingerprint density at radius 1 is 1.26 bits per heavy atom. The van der Waals surface area contributed by atoms with Crippen LogP contribution in [0, 0.1) is 0 Å². The summed E-state index contributed by atoms with van der Waals surface area (Å²) in [6, 6.07) is 3.33. The first-order valence-corrected chi connectivity index (χ1v) is 6.88. The number of halogens is 3. The predicted octanol–water partition coefficient (Wildman–Crippen LogP) is 2.84. The summed E-state index contributed by atoms with van der Waals surface area (Å²) in [6.45, 7) is 0.401. The van der Waals surface area contributed by atoms with Gasteiger partial charge in [0, 0.05) is 32.1 Å². The zero-order valence-electron chi connectivity index (χ0n) is 10.5. The maximum absolute atomic E-state index is 12.3. The number of alkyl halides is 1. The van der Waals surface area contributed by atoms with Crippen LogP contribution in [0.1, 0.15) is 5.56 Å². The highest BCUT2D eigenvalue weighted by atomic mass is 35.5. The number of hydrogen-bond donors (Lipinski definition) is 0. The highest BCUT2D eigenvalue weighted by Crippen LogP contribution is 2.36. The Kier molecular flexibility index (Phi) is 4.23. The zero-order chi connectivity index (χ0) is 14.2. The Morgan fingerprint density at radius 3 is 2.47 bits per heavy atom. The number of nitrogens with zero attached hydrogens (tertiary/aromatic N) is 3. The Balaban J connectivity index is 2.60. The average molecular weight is 321 g/mol. The summed E-state index contributed by atoms with van der Waals surface area (Å²) in [7, 11) is 3.50. The van der Waals surface area contributed by atoms with Gasteiger partial charge < -0.3 is 9.91 Å². The molecule has 0 radical (unpaired) electrons. The molecule has 1 aliphatic heterocycles. The zero-order valence-corrected chi connectivity index (χ0v) is 12.7. The molecule has 0 atom stereocenters. The molecule has 1 aromatic rings. The van der Waals surface area contributed by atoms with Crippen LogP contribution in [-0.4, -0.2) is 43.1 Å². The van der Waals surface area contributed by atoms with Gasteiger partial charge in [-0.2, -0.15) is 5.10 Å². The number of amides is 1. The number of fused-ring (bicyclic) bond motifs is 1. The molecular formula is C12H12Cl3N3O. The number of carbonyl (C=O) groups excluding carboxylic acids is 1. The van der Waals surface area contributed by atoms with Crippen LogP contribution in [0.5, 0.6) is 0 Å². The van der Waals surface area contributed by atoms with Crippen molar-refractivity contribution in [2.24, 2.45) is 5.10 Å². The molecule has 102 valence electrons. The van der Waals surface area contributed by atoms with Gasteiger partial charge in [-0.25, -0.2) is 0 Å². The van der Waals surface area contributed by atoms with E-state index in [2.05, 4.69) is 5.10 Å². The van der Waals surface area contributed by atoms with E-state index in [0.29, 0.717) is 39.4 Å². The molecule has 1 aromatic carbocycles. The number of hydrazone groups is 1. The fraction of sp³-hybridized carbons (Fsp3) is 0.333. The molecule has 19 heavy (non-hydrogen) atoms. The monoisotopic (exact) mass is 319 g/mol. The second-order valence-corrected chi connectivity index (χ2v) is 5.42. The van der Waals surface area contributed by atoms with Crippen LogP contribution >= 0.6 is 34.8 Å². The molecule has 0 unspecified atom stereocenters. The average Bonchev–Trinajstić information content (AvgIpc) is 2.56. The van der Waals surface area contributed by atoms with Gasteiger partial charge in [0.05, 0.1) is 15.7 Å². The van der Waals surface area contributed by atoms with E-state index in [4.69, 9.17) is 34.8 Å². The van der Waals surface area contributed by atoms with Gasteiger partial charge >= 0.3 is 0 Å². The van der Waals surface area contributed by atoms with Crippen LogP contribution in [0.15, 0.2) is 17.2 Å². The molecule has 1 amide bonds. The number of rotatable bonds is 3. The van der Waals surface area contributed by atoms with Gasteiger partial charge in [-0.1, -0.05) is 23.2 Å². The van der Waals surface area contributed by atoms with E-state index < -0.39 is 0 Å². The summed E-state index contributed by atoms with van der Waals surface area (Å²) in [5.41, 5.74) is 1.72. The summed E-state index contributed by atoms with van der Waals surface area (Å²) in [6.07, 6.45) is 0. The first-order valence-electron chi connectivity index (χ1n) is 5.59. The van der Waals surface area contributed by atoms with E-state index in [1.807, 2.05) is 0 Å².